The van der Waals surface area contributed by atoms with Crippen LogP contribution < -0.4 is 49.5 Å². The zero-order valence-corrected chi connectivity index (χ0v) is 30.5. The van der Waals surface area contributed by atoms with E-state index in [9.17, 15) is 33.9 Å². The number of aliphatic imine (C=N–C) groups is 1. The highest BCUT2D eigenvalue weighted by Crippen LogP contribution is 2.10. The largest absolute Gasteiger partial charge is 0.391 e. The Hall–Kier alpha value is -4.77. The molecule has 51 heavy (non-hydrogen) atoms. The molecule has 0 heterocycles. The molecule has 0 unspecified atom stereocenters. The Morgan fingerprint density at radius 3 is 1.69 bits per heavy atom. The fourth-order valence-electron chi connectivity index (χ4n) is 5.03. The molecule has 0 saturated heterocycles. The summed E-state index contributed by atoms with van der Waals surface area (Å²) < 4.78 is 0. The normalized spacial score (nSPS) is 15.3. The minimum atomic E-state index is -1.50. The molecule has 286 valence electrons. The summed E-state index contributed by atoms with van der Waals surface area (Å²) in [5.41, 5.74) is 23.0. The standard InChI is InChI=1S/C34H58N10O7/c1-18(2)15-25(31(49)40-20(5)29(47)41-24(28(36)46)13-10-14-39-34(37)38)43-33(51)27(21(6)45)44-32(50)26(16-19(3)4)42-30(48)23(35)17-22-11-8-7-9-12-22/h7-9,11-12,18-21,23-27,45H,10,13-17,35H2,1-6H3,(H2,36,46)(H,40,49)(H,41,47)(H,42,48)(H,43,51)(H,44,50)(H4,37,38,39)/t20-,21+,23-,24-,25-,26-,27-/m0/s1. The van der Waals surface area contributed by atoms with Crippen molar-refractivity contribution in [1.82, 2.24) is 26.6 Å². The maximum atomic E-state index is 13.5. The van der Waals surface area contributed by atoms with Crippen molar-refractivity contribution in [2.75, 3.05) is 6.54 Å². The molecule has 0 aliphatic heterocycles. The number of primary amides is 1. The first-order valence-electron chi connectivity index (χ1n) is 17.2. The van der Waals surface area contributed by atoms with Gasteiger partial charge in [-0.15, -0.1) is 0 Å². The average molecular weight is 719 g/mol. The van der Waals surface area contributed by atoms with E-state index in [-0.39, 0.29) is 50.0 Å². The molecule has 1 aromatic rings. The molecule has 1 rings (SSSR count). The van der Waals surface area contributed by atoms with Crippen molar-refractivity contribution < 1.29 is 33.9 Å². The van der Waals surface area contributed by atoms with Gasteiger partial charge in [0.25, 0.3) is 0 Å². The summed E-state index contributed by atoms with van der Waals surface area (Å²) in [4.78, 5) is 81.8. The summed E-state index contributed by atoms with van der Waals surface area (Å²) in [6.45, 7) is 10.3. The monoisotopic (exact) mass is 718 g/mol. The molecule has 0 aliphatic rings. The number of benzene rings is 1. The quantitative estimate of drug-likeness (QED) is 0.0358. The minimum Gasteiger partial charge on any atom is -0.391 e. The van der Waals surface area contributed by atoms with Gasteiger partial charge in [0.1, 0.15) is 30.2 Å². The Labute approximate surface area is 299 Å². The molecule has 0 aliphatic carbocycles. The zero-order chi connectivity index (χ0) is 38.8. The highest BCUT2D eigenvalue weighted by atomic mass is 16.3. The van der Waals surface area contributed by atoms with Crippen LogP contribution in [0.2, 0.25) is 0 Å². The first-order chi connectivity index (χ1) is 23.8. The Morgan fingerprint density at radius 2 is 1.20 bits per heavy atom. The Morgan fingerprint density at radius 1 is 0.686 bits per heavy atom. The van der Waals surface area contributed by atoms with E-state index >= 15 is 0 Å². The van der Waals surface area contributed by atoms with Crippen LogP contribution in [-0.2, 0) is 35.2 Å². The minimum absolute atomic E-state index is 0.0357. The molecular formula is C34H58N10O7. The molecular weight excluding hydrogens is 660 g/mol. The molecule has 0 saturated carbocycles. The predicted octanol–water partition coefficient (Wildman–Crippen LogP) is -1.99. The molecule has 0 fully saturated rings. The number of amides is 6. The number of rotatable bonds is 22. The van der Waals surface area contributed by atoms with Gasteiger partial charge in [-0.25, -0.2) is 0 Å². The number of aliphatic hydroxyl groups is 1. The molecule has 0 spiro atoms. The van der Waals surface area contributed by atoms with Crippen molar-refractivity contribution in [3.63, 3.8) is 0 Å². The van der Waals surface area contributed by atoms with E-state index in [1.54, 1.807) is 0 Å². The average Bonchev–Trinajstić information content (AvgIpc) is 3.03. The summed E-state index contributed by atoms with van der Waals surface area (Å²) in [5.74, 6) is -4.58. The van der Waals surface area contributed by atoms with Crippen LogP contribution in [0.1, 0.15) is 72.8 Å². The Balaban J connectivity index is 3.00. The first kappa shape index (κ1) is 44.3. The van der Waals surface area contributed by atoms with Gasteiger partial charge in [0.2, 0.25) is 35.4 Å². The van der Waals surface area contributed by atoms with E-state index in [1.165, 1.54) is 13.8 Å². The number of aliphatic hydroxyl groups excluding tert-OH is 1. The second-order valence-electron chi connectivity index (χ2n) is 13.5. The maximum Gasteiger partial charge on any atom is 0.245 e. The third-order valence-corrected chi connectivity index (χ3v) is 7.74. The van der Waals surface area contributed by atoms with Crippen LogP contribution >= 0.6 is 0 Å². The summed E-state index contributed by atoms with van der Waals surface area (Å²) in [7, 11) is 0. The Kier molecular flexibility index (Phi) is 19.2. The molecule has 1 aromatic carbocycles. The number of carbonyl (C=O) groups excluding carboxylic acids is 6. The van der Waals surface area contributed by atoms with Gasteiger partial charge in [-0.2, -0.15) is 0 Å². The van der Waals surface area contributed by atoms with Gasteiger partial charge in [0.05, 0.1) is 12.1 Å². The lowest BCUT2D eigenvalue weighted by atomic mass is 10.00. The molecule has 6 amide bonds. The SMILES string of the molecule is CC(C)C[C@H](NC(=O)[C@@H](NC(=O)[C@H](CC(C)C)NC(=O)[C@@H](N)Cc1ccccc1)[C@@H](C)O)C(=O)N[C@@H](C)C(=O)N[C@@H](CCCN=C(N)N)C(N)=O. The summed E-state index contributed by atoms with van der Waals surface area (Å²) in [5, 5.41) is 23.3. The molecule has 0 aromatic heterocycles. The second kappa shape index (κ2) is 22.1. The summed E-state index contributed by atoms with van der Waals surface area (Å²) >= 11 is 0. The van der Waals surface area contributed by atoms with Gasteiger partial charge in [0, 0.05) is 6.54 Å². The third-order valence-electron chi connectivity index (χ3n) is 7.74. The maximum absolute atomic E-state index is 13.5. The number of nitrogens with zero attached hydrogens (tertiary/aromatic N) is 1. The van der Waals surface area contributed by atoms with Gasteiger partial charge in [-0.05, 0) is 63.4 Å². The molecule has 17 heteroatoms. The summed E-state index contributed by atoms with van der Waals surface area (Å²) in [6.07, 6.45) is -0.286. The van der Waals surface area contributed by atoms with Crippen molar-refractivity contribution >= 4 is 41.4 Å². The van der Waals surface area contributed by atoms with E-state index in [2.05, 4.69) is 31.6 Å². The molecule has 0 bridgehead atoms. The van der Waals surface area contributed by atoms with Crippen molar-refractivity contribution in [2.45, 2.75) is 116 Å². The van der Waals surface area contributed by atoms with Gasteiger partial charge < -0.3 is 54.6 Å². The third kappa shape index (κ3) is 17.1. The first-order valence-corrected chi connectivity index (χ1v) is 17.2. The van der Waals surface area contributed by atoms with Crippen molar-refractivity contribution in [3.8, 4) is 0 Å². The molecule has 7 atom stereocenters. The van der Waals surface area contributed by atoms with Crippen molar-refractivity contribution in [3.05, 3.63) is 35.9 Å². The van der Waals surface area contributed by atoms with Crippen LogP contribution in [0, 0.1) is 11.8 Å². The lowest BCUT2D eigenvalue weighted by molar-refractivity contribution is -0.136. The second-order valence-corrected chi connectivity index (χ2v) is 13.5. The van der Waals surface area contributed by atoms with E-state index in [0.717, 1.165) is 5.56 Å². The smallest absolute Gasteiger partial charge is 0.245 e. The van der Waals surface area contributed by atoms with Crippen LogP contribution in [0.4, 0.5) is 0 Å². The van der Waals surface area contributed by atoms with Crippen LogP contribution in [0.25, 0.3) is 0 Å². The predicted molar refractivity (Wildman–Crippen MR) is 193 cm³/mol. The Bertz CT molecular complexity index is 1340. The molecule has 0 radical (unpaired) electrons. The molecule has 17 nitrogen and oxygen atoms in total. The topological polar surface area (TPSA) is 299 Å². The van der Waals surface area contributed by atoms with Crippen molar-refractivity contribution in [1.29, 1.82) is 0 Å². The van der Waals surface area contributed by atoms with Crippen LogP contribution in [0.3, 0.4) is 0 Å². The highest BCUT2D eigenvalue weighted by molar-refractivity contribution is 5.96. The number of carbonyl (C=O) groups is 6. The van der Waals surface area contributed by atoms with Gasteiger partial charge in [-0.3, -0.25) is 33.8 Å². The van der Waals surface area contributed by atoms with Crippen LogP contribution in [-0.4, -0.2) is 95.4 Å². The van der Waals surface area contributed by atoms with Crippen molar-refractivity contribution in [2.24, 2.45) is 39.8 Å². The van der Waals surface area contributed by atoms with E-state index in [1.807, 2.05) is 58.0 Å². The number of nitrogens with two attached hydrogens (primary N) is 4. The van der Waals surface area contributed by atoms with Gasteiger partial charge in [0.15, 0.2) is 5.96 Å². The number of guanidine groups is 1. The number of hydrogen-bond donors (Lipinski definition) is 10. The van der Waals surface area contributed by atoms with E-state index in [0.29, 0.717) is 6.42 Å². The van der Waals surface area contributed by atoms with Gasteiger partial charge in [-0.1, -0.05) is 58.0 Å². The number of hydrogen-bond acceptors (Lipinski definition) is 9. The molecule has 14 N–H and O–H groups in total. The fourth-order valence-corrected chi connectivity index (χ4v) is 5.03. The zero-order valence-electron chi connectivity index (χ0n) is 30.5. The van der Waals surface area contributed by atoms with E-state index < -0.39 is 77.8 Å². The van der Waals surface area contributed by atoms with Gasteiger partial charge >= 0.3 is 0 Å². The fraction of sp³-hybridized carbons (Fsp3) is 0.618. The number of nitrogens with one attached hydrogen (secondary N) is 5. The van der Waals surface area contributed by atoms with Crippen LogP contribution in [0.5, 0.6) is 0 Å². The highest BCUT2D eigenvalue weighted by Gasteiger charge is 2.34. The van der Waals surface area contributed by atoms with E-state index in [4.69, 9.17) is 22.9 Å². The summed E-state index contributed by atoms with van der Waals surface area (Å²) in [6, 6.07) is 2.30. The lowest BCUT2D eigenvalue weighted by Crippen LogP contribution is -2.61. The van der Waals surface area contributed by atoms with Crippen LogP contribution in [0.15, 0.2) is 35.3 Å². The lowest BCUT2D eigenvalue weighted by Gasteiger charge is -2.28.